The lowest BCUT2D eigenvalue weighted by atomic mass is 9.99. The van der Waals surface area contributed by atoms with Crippen molar-refractivity contribution in [3.05, 3.63) is 30.5 Å². The number of nitrogens with one attached hydrogen (secondary N) is 1. The van der Waals surface area contributed by atoms with Crippen molar-refractivity contribution in [2.75, 3.05) is 19.6 Å². The molecule has 0 spiro atoms. The molecule has 136 valence electrons. The van der Waals surface area contributed by atoms with Crippen LogP contribution in [0, 0.1) is 5.92 Å². The number of amides is 1. The molecule has 1 aliphatic heterocycles. The molecule has 0 unspecified atom stereocenters. The molecule has 1 N–H and O–H groups in total. The summed E-state index contributed by atoms with van der Waals surface area (Å²) < 4.78 is 29.6. The summed E-state index contributed by atoms with van der Waals surface area (Å²) >= 11 is 0. The molecule has 7 heteroatoms. The van der Waals surface area contributed by atoms with E-state index in [-0.39, 0.29) is 18.4 Å². The van der Waals surface area contributed by atoms with Crippen LogP contribution in [-0.2, 0) is 21.4 Å². The normalized spacial score (nSPS) is 19.2. The number of benzene rings is 1. The SMILES string of the molecule is CCNC(=O)[C@H]1CCCN(S(=O)(=O)c2ccc3c(ccn3CC)c2)C1. The number of sulfonamides is 1. The number of piperidine rings is 1. The first-order valence-electron chi connectivity index (χ1n) is 8.84. The van der Waals surface area contributed by atoms with Crippen molar-refractivity contribution in [3.8, 4) is 0 Å². The monoisotopic (exact) mass is 363 g/mol. The third-order valence-corrected chi connectivity index (χ3v) is 6.69. The molecule has 2 heterocycles. The molecule has 1 atom stereocenters. The number of carbonyl (C=O) groups excluding carboxylic acids is 1. The number of fused-ring (bicyclic) bond motifs is 1. The standard InChI is InChI=1S/C18H25N3O3S/c1-3-19-18(22)15-6-5-10-21(13-15)25(23,24)16-7-8-17-14(12-16)9-11-20(17)4-2/h7-9,11-12,15H,3-6,10,13H2,1-2H3,(H,19,22)/t15-/m0/s1. The molecule has 0 radical (unpaired) electrons. The van der Waals surface area contributed by atoms with Gasteiger partial charge in [0.25, 0.3) is 0 Å². The largest absolute Gasteiger partial charge is 0.356 e. The van der Waals surface area contributed by atoms with Gasteiger partial charge in [-0.3, -0.25) is 4.79 Å². The summed E-state index contributed by atoms with van der Waals surface area (Å²) in [4.78, 5) is 12.4. The Balaban J connectivity index is 1.86. The van der Waals surface area contributed by atoms with Crippen molar-refractivity contribution in [1.82, 2.24) is 14.2 Å². The molecule has 0 aliphatic carbocycles. The van der Waals surface area contributed by atoms with Gasteiger partial charge in [-0.15, -0.1) is 0 Å². The molecule has 1 saturated heterocycles. The number of aryl methyl sites for hydroxylation is 1. The van der Waals surface area contributed by atoms with Crippen LogP contribution in [0.2, 0.25) is 0 Å². The number of nitrogens with zero attached hydrogens (tertiary/aromatic N) is 2. The lowest BCUT2D eigenvalue weighted by Crippen LogP contribution is -2.45. The van der Waals surface area contributed by atoms with Gasteiger partial charge in [-0.1, -0.05) is 0 Å². The molecule has 0 saturated carbocycles. The van der Waals surface area contributed by atoms with Crippen LogP contribution >= 0.6 is 0 Å². The Morgan fingerprint density at radius 1 is 1.28 bits per heavy atom. The molecule has 2 aromatic rings. The summed E-state index contributed by atoms with van der Waals surface area (Å²) in [5.74, 6) is -0.328. The zero-order valence-corrected chi connectivity index (χ0v) is 15.6. The van der Waals surface area contributed by atoms with E-state index in [1.807, 2.05) is 25.3 Å². The van der Waals surface area contributed by atoms with Gasteiger partial charge in [0.05, 0.1) is 10.8 Å². The molecular formula is C18H25N3O3S. The molecule has 1 amide bonds. The van der Waals surface area contributed by atoms with Gasteiger partial charge in [0.15, 0.2) is 0 Å². The first kappa shape index (κ1) is 17.9. The van der Waals surface area contributed by atoms with Gasteiger partial charge < -0.3 is 9.88 Å². The molecule has 1 aromatic heterocycles. The Bertz CT molecular complexity index is 873. The topological polar surface area (TPSA) is 71.4 Å². The van der Waals surface area contributed by atoms with Crippen LogP contribution in [0.1, 0.15) is 26.7 Å². The first-order valence-corrected chi connectivity index (χ1v) is 10.3. The van der Waals surface area contributed by atoms with Crippen LogP contribution in [-0.4, -0.2) is 42.8 Å². The van der Waals surface area contributed by atoms with Crippen LogP contribution in [0.5, 0.6) is 0 Å². The van der Waals surface area contributed by atoms with Crippen LogP contribution in [0.3, 0.4) is 0 Å². The highest BCUT2D eigenvalue weighted by Gasteiger charge is 2.33. The van der Waals surface area contributed by atoms with Crippen molar-refractivity contribution in [2.24, 2.45) is 5.92 Å². The third kappa shape index (κ3) is 3.43. The predicted molar refractivity (Wildman–Crippen MR) is 97.8 cm³/mol. The van der Waals surface area contributed by atoms with Gasteiger partial charge in [-0.25, -0.2) is 8.42 Å². The van der Waals surface area contributed by atoms with Crippen molar-refractivity contribution in [3.63, 3.8) is 0 Å². The fraction of sp³-hybridized carbons (Fsp3) is 0.500. The number of hydrogen-bond donors (Lipinski definition) is 1. The van der Waals surface area contributed by atoms with Crippen molar-refractivity contribution in [1.29, 1.82) is 0 Å². The van der Waals surface area contributed by atoms with Crippen molar-refractivity contribution >= 4 is 26.8 Å². The van der Waals surface area contributed by atoms with Crippen LogP contribution in [0.15, 0.2) is 35.4 Å². The fourth-order valence-corrected chi connectivity index (χ4v) is 5.02. The van der Waals surface area contributed by atoms with Crippen LogP contribution in [0.4, 0.5) is 0 Å². The van der Waals surface area contributed by atoms with E-state index < -0.39 is 10.0 Å². The predicted octanol–water partition coefficient (Wildman–Crippen LogP) is 2.20. The van der Waals surface area contributed by atoms with Crippen molar-refractivity contribution in [2.45, 2.75) is 38.1 Å². The fourth-order valence-electron chi connectivity index (χ4n) is 3.46. The maximum Gasteiger partial charge on any atom is 0.243 e. The Labute approximate surface area is 148 Å². The summed E-state index contributed by atoms with van der Waals surface area (Å²) in [7, 11) is -3.59. The average Bonchev–Trinajstić information content (AvgIpc) is 3.04. The number of aromatic nitrogens is 1. The highest BCUT2D eigenvalue weighted by Crippen LogP contribution is 2.26. The Hall–Kier alpha value is -1.86. The van der Waals surface area contributed by atoms with E-state index in [1.165, 1.54) is 4.31 Å². The zero-order valence-electron chi connectivity index (χ0n) is 14.7. The van der Waals surface area contributed by atoms with Crippen molar-refractivity contribution < 1.29 is 13.2 Å². The molecule has 0 bridgehead atoms. The van der Waals surface area contributed by atoms with Crippen LogP contribution in [0.25, 0.3) is 10.9 Å². The second-order valence-electron chi connectivity index (χ2n) is 6.42. The van der Waals surface area contributed by atoms with Gasteiger partial charge in [-0.2, -0.15) is 4.31 Å². The van der Waals surface area contributed by atoms with Gasteiger partial charge in [0, 0.05) is 43.3 Å². The lowest BCUT2D eigenvalue weighted by Gasteiger charge is -2.31. The number of hydrogen-bond acceptors (Lipinski definition) is 3. The molecule has 25 heavy (non-hydrogen) atoms. The summed E-state index contributed by atoms with van der Waals surface area (Å²) in [5, 5.41) is 3.71. The van der Waals surface area contributed by atoms with E-state index in [4.69, 9.17) is 0 Å². The number of carbonyl (C=O) groups is 1. The van der Waals surface area contributed by atoms with E-state index in [0.29, 0.717) is 24.4 Å². The minimum atomic E-state index is -3.59. The minimum absolute atomic E-state index is 0.0575. The second-order valence-corrected chi connectivity index (χ2v) is 8.36. The Morgan fingerprint density at radius 2 is 2.08 bits per heavy atom. The van der Waals surface area contributed by atoms with E-state index in [2.05, 4.69) is 16.8 Å². The minimum Gasteiger partial charge on any atom is -0.356 e. The highest BCUT2D eigenvalue weighted by molar-refractivity contribution is 7.89. The maximum atomic E-state index is 13.0. The lowest BCUT2D eigenvalue weighted by molar-refractivity contribution is -0.125. The molecule has 3 rings (SSSR count). The highest BCUT2D eigenvalue weighted by atomic mass is 32.2. The van der Waals surface area contributed by atoms with E-state index >= 15 is 0 Å². The molecular weight excluding hydrogens is 338 g/mol. The van der Waals surface area contributed by atoms with Crippen LogP contribution < -0.4 is 5.32 Å². The molecule has 1 aliphatic rings. The van der Waals surface area contributed by atoms with Gasteiger partial charge in [0.1, 0.15) is 0 Å². The summed E-state index contributed by atoms with van der Waals surface area (Å²) in [6.45, 7) is 6.05. The molecule has 1 aromatic carbocycles. The van der Waals surface area contributed by atoms with E-state index in [9.17, 15) is 13.2 Å². The average molecular weight is 363 g/mol. The first-order chi connectivity index (χ1) is 12.0. The number of rotatable bonds is 5. The molecule has 1 fully saturated rings. The quantitative estimate of drug-likeness (QED) is 0.885. The summed E-state index contributed by atoms with van der Waals surface area (Å²) in [6.07, 6.45) is 3.40. The summed E-state index contributed by atoms with van der Waals surface area (Å²) in [5.41, 5.74) is 1.03. The van der Waals surface area contributed by atoms with E-state index in [0.717, 1.165) is 23.9 Å². The van der Waals surface area contributed by atoms with Gasteiger partial charge in [0.2, 0.25) is 15.9 Å². The zero-order chi connectivity index (χ0) is 18.0. The Morgan fingerprint density at radius 3 is 2.80 bits per heavy atom. The van der Waals surface area contributed by atoms with E-state index in [1.54, 1.807) is 12.1 Å². The Kier molecular flexibility index (Phi) is 5.15. The summed E-state index contributed by atoms with van der Waals surface area (Å²) in [6, 6.07) is 7.19. The van der Waals surface area contributed by atoms with Gasteiger partial charge >= 0.3 is 0 Å². The maximum absolute atomic E-state index is 13.0. The molecule has 6 nitrogen and oxygen atoms in total. The second kappa shape index (κ2) is 7.17. The van der Waals surface area contributed by atoms with Gasteiger partial charge in [-0.05, 0) is 51.0 Å². The third-order valence-electron chi connectivity index (χ3n) is 4.83. The smallest absolute Gasteiger partial charge is 0.243 e.